The molecule has 0 aliphatic rings. The molecule has 4 heteroatoms. The zero-order chi connectivity index (χ0) is 14.7. The Morgan fingerprint density at radius 3 is 2.95 bits per heavy atom. The molecule has 0 bridgehead atoms. The molecule has 2 heterocycles. The normalized spacial score (nSPS) is 11.1. The summed E-state index contributed by atoms with van der Waals surface area (Å²) in [5.74, 6) is 0. The Hall–Kier alpha value is -1.78. The number of hydrogen-bond acceptors (Lipinski definition) is 4. The van der Waals surface area contributed by atoms with Crippen LogP contribution in [0.25, 0.3) is 21.5 Å². The first kappa shape index (κ1) is 14.2. The molecule has 108 valence electrons. The monoisotopic (exact) mass is 297 g/mol. The number of nitrogens with one attached hydrogen (secondary N) is 1. The van der Waals surface area contributed by atoms with Crippen molar-refractivity contribution in [1.82, 2.24) is 15.3 Å². The predicted molar refractivity (Wildman–Crippen MR) is 89.6 cm³/mol. The van der Waals surface area contributed by atoms with E-state index in [2.05, 4.69) is 46.5 Å². The van der Waals surface area contributed by atoms with Gasteiger partial charge in [-0.1, -0.05) is 13.0 Å². The van der Waals surface area contributed by atoms with Crippen molar-refractivity contribution in [1.29, 1.82) is 0 Å². The second-order valence-corrected chi connectivity index (χ2v) is 6.28. The van der Waals surface area contributed by atoms with Gasteiger partial charge in [0.25, 0.3) is 0 Å². The zero-order valence-electron chi connectivity index (χ0n) is 12.4. The summed E-state index contributed by atoms with van der Waals surface area (Å²) in [6.45, 7) is 6.15. The predicted octanol–water partition coefficient (Wildman–Crippen LogP) is 4.17. The molecule has 0 aliphatic carbocycles. The Morgan fingerprint density at radius 2 is 2.10 bits per heavy atom. The largest absolute Gasteiger partial charge is 0.312 e. The number of hydrogen-bond donors (Lipinski definition) is 1. The Morgan fingerprint density at radius 1 is 1.19 bits per heavy atom. The third kappa shape index (κ3) is 3.28. The van der Waals surface area contributed by atoms with Crippen LogP contribution in [0.3, 0.4) is 0 Å². The van der Waals surface area contributed by atoms with Gasteiger partial charge in [0.2, 0.25) is 0 Å². The van der Waals surface area contributed by atoms with E-state index in [4.69, 9.17) is 0 Å². The van der Waals surface area contributed by atoms with Gasteiger partial charge in [-0.25, -0.2) is 4.98 Å². The van der Waals surface area contributed by atoms with Crippen molar-refractivity contribution in [2.45, 2.75) is 26.8 Å². The van der Waals surface area contributed by atoms with Crippen molar-refractivity contribution < 1.29 is 0 Å². The molecule has 0 radical (unpaired) electrons. The van der Waals surface area contributed by atoms with Gasteiger partial charge in [0.15, 0.2) is 0 Å². The van der Waals surface area contributed by atoms with Crippen LogP contribution in [0.4, 0.5) is 0 Å². The SMILES string of the molecule is CCCNCc1cnc(-c2ccc3nc(C)ccc3c2)s1. The van der Waals surface area contributed by atoms with Gasteiger partial charge in [-0.2, -0.15) is 0 Å². The van der Waals surface area contributed by atoms with E-state index in [1.807, 2.05) is 19.2 Å². The van der Waals surface area contributed by atoms with Crippen molar-refractivity contribution in [3.8, 4) is 10.6 Å². The lowest BCUT2D eigenvalue weighted by molar-refractivity contribution is 0.681. The zero-order valence-corrected chi connectivity index (χ0v) is 13.2. The Kier molecular flexibility index (Phi) is 4.27. The van der Waals surface area contributed by atoms with Crippen molar-refractivity contribution in [2.24, 2.45) is 0 Å². The van der Waals surface area contributed by atoms with Crippen LogP contribution in [0.5, 0.6) is 0 Å². The summed E-state index contributed by atoms with van der Waals surface area (Å²) in [6.07, 6.45) is 3.13. The number of benzene rings is 1. The number of aromatic nitrogens is 2. The van der Waals surface area contributed by atoms with E-state index in [0.29, 0.717) is 0 Å². The molecule has 1 aromatic carbocycles. The number of nitrogens with zero attached hydrogens (tertiary/aromatic N) is 2. The van der Waals surface area contributed by atoms with Crippen molar-refractivity contribution >= 4 is 22.2 Å². The van der Waals surface area contributed by atoms with E-state index in [-0.39, 0.29) is 0 Å². The minimum absolute atomic E-state index is 0.903. The lowest BCUT2D eigenvalue weighted by Crippen LogP contribution is -2.12. The maximum Gasteiger partial charge on any atom is 0.123 e. The van der Waals surface area contributed by atoms with Crippen LogP contribution < -0.4 is 5.32 Å². The van der Waals surface area contributed by atoms with Gasteiger partial charge >= 0.3 is 0 Å². The molecule has 2 aromatic heterocycles. The Bertz CT molecular complexity index is 749. The molecule has 0 aliphatic heterocycles. The fourth-order valence-corrected chi connectivity index (χ4v) is 3.15. The molecule has 0 spiro atoms. The van der Waals surface area contributed by atoms with Crippen molar-refractivity contribution in [3.05, 3.63) is 47.1 Å². The smallest absolute Gasteiger partial charge is 0.123 e. The topological polar surface area (TPSA) is 37.8 Å². The first-order valence-corrected chi connectivity index (χ1v) is 8.11. The van der Waals surface area contributed by atoms with Crippen LogP contribution in [0.2, 0.25) is 0 Å². The van der Waals surface area contributed by atoms with E-state index in [1.54, 1.807) is 11.3 Å². The lowest BCUT2D eigenvalue weighted by atomic mass is 10.1. The van der Waals surface area contributed by atoms with Crippen LogP contribution in [-0.2, 0) is 6.54 Å². The maximum absolute atomic E-state index is 4.55. The van der Waals surface area contributed by atoms with Crippen LogP contribution in [-0.4, -0.2) is 16.5 Å². The average Bonchev–Trinajstić information content (AvgIpc) is 2.96. The van der Waals surface area contributed by atoms with Gasteiger partial charge in [0, 0.05) is 34.3 Å². The molecule has 0 atom stereocenters. The van der Waals surface area contributed by atoms with Gasteiger partial charge < -0.3 is 5.32 Å². The molecule has 21 heavy (non-hydrogen) atoms. The van der Waals surface area contributed by atoms with Gasteiger partial charge in [-0.05, 0) is 44.2 Å². The first-order chi connectivity index (χ1) is 10.3. The number of thiazole rings is 1. The number of pyridine rings is 1. The van der Waals surface area contributed by atoms with Gasteiger partial charge in [-0.3, -0.25) is 4.98 Å². The van der Waals surface area contributed by atoms with Crippen molar-refractivity contribution in [2.75, 3.05) is 6.54 Å². The van der Waals surface area contributed by atoms with Crippen molar-refractivity contribution in [3.63, 3.8) is 0 Å². The number of rotatable bonds is 5. The minimum Gasteiger partial charge on any atom is -0.312 e. The van der Waals surface area contributed by atoms with Crippen LogP contribution >= 0.6 is 11.3 Å². The first-order valence-electron chi connectivity index (χ1n) is 7.29. The van der Waals surface area contributed by atoms with E-state index >= 15 is 0 Å². The quantitative estimate of drug-likeness (QED) is 0.718. The number of fused-ring (bicyclic) bond motifs is 1. The average molecular weight is 297 g/mol. The summed E-state index contributed by atoms with van der Waals surface area (Å²) >= 11 is 1.75. The number of aryl methyl sites for hydroxylation is 1. The summed E-state index contributed by atoms with van der Waals surface area (Å²) in [7, 11) is 0. The molecule has 0 fully saturated rings. The molecular formula is C17H19N3S. The highest BCUT2D eigenvalue weighted by molar-refractivity contribution is 7.15. The van der Waals surface area contributed by atoms with E-state index in [0.717, 1.165) is 35.7 Å². The highest BCUT2D eigenvalue weighted by Crippen LogP contribution is 2.27. The molecule has 3 rings (SSSR count). The summed E-state index contributed by atoms with van der Waals surface area (Å²) < 4.78 is 0. The van der Waals surface area contributed by atoms with E-state index in [9.17, 15) is 0 Å². The van der Waals surface area contributed by atoms with Gasteiger partial charge in [0.05, 0.1) is 5.52 Å². The molecule has 1 N–H and O–H groups in total. The minimum atomic E-state index is 0.903. The second-order valence-electron chi connectivity index (χ2n) is 5.17. The summed E-state index contributed by atoms with van der Waals surface area (Å²) in [6, 6.07) is 10.5. The molecule has 0 amide bonds. The highest BCUT2D eigenvalue weighted by atomic mass is 32.1. The summed E-state index contributed by atoms with van der Waals surface area (Å²) in [5.41, 5.74) is 3.26. The molecule has 0 saturated heterocycles. The second kappa shape index (κ2) is 6.33. The fourth-order valence-electron chi connectivity index (χ4n) is 2.27. The van der Waals surface area contributed by atoms with E-state index < -0.39 is 0 Å². The molecule has 3 nitrogen and oxygen atoms in total. The third-order valence-corrected chi connectivity index (χ3v) is 4.40. The van der Waals surface area contributed by atoms with Crippen LogP contribution in [0, 0.1) is 6.92 Å². The molecule has 0 saturated carbocycles. The standard InChI is InChI=1S/C17H19N3S/c1-3-8-18-10-15-11-19-17(21-15)14-6-7-16-13(9-14)5-4-12(2)20-16/h4-7,9,11,18H,3,8,10H2,1-2H3. The Balaban J connectivity index is 1.84. The van der Waals surface area contributed by atoms with E-state index in [1.165, 1.54) is 15.8 Å². The molecular weight excluding hydrogens is 278 g/mol. The van der Waals surface area contributed by atoms with Crippen LogP contribution in [0.15, 0.2) is 36.5 Å². The Labute approximate surface area is 129 Å². The van der Waals surface area contributed by atoms with Gasteiger partial charge in [0.1, 0.15) is 5.01 Å². The maximum atomic E-state index is 4.55. The fraction of sp³-hybridized carbons (Fsp3) is 0.294. The lowest BCUT2D eigenvalue weighted by Gasteiger charge is -2.01. The summed E-state index contributed by atoms with van der Waals surface area (Å²) in [5, 5.41) is 5.65. The highest BCUT2D eigenvalue weighted by Gasteiger charge is 2.06. The van der Waals surface area contributed by atoms with Crippen LogP contribution in [0.1, 0.15) is 23.9 Å². The third-order valence-electron chi connectivity index (χ3n) is 3.35. The van der Waals surface area contributed by atoms with Gasteiger partial charge in [-0.15, -0.1) is 11.3 Å². The molecule has 0 unspecified atom stereocenters. The molecule has 3 aromatic rings. The summed E-state index contributed by atoms with van der Waals surface area (Å²) in [4.78, 5) is 10.4.